The van der Waals surface area contributed by atoms with Crippen LogP contribution in [0.1, 0.15) is 49.2 Å². The van der Waals surface area contributed by atoms with Crippen LogP contribution in [0.4, 0.5) is 0 Å². The number of hydrogen-bond donors (Lipinski definition) is 0. The number of rotatable bonds is 4. The van der Waals surface area contributed by atoms with Gasteiger partial charge in [-0.3, -0.25) is 9.59 Å². The summed E-state index contributed by atoms with van der Waals surface area (Å²) in [4.78, 5) is 22.2. The Labute approximate surface area is 95.4 Å². The van der Waals surface area contributed by atoms with Crippen LogP contribution in [0.15, 0.2) is 24.3 Å². The molecule has 0 aliphatic heterocycles. The van der Waals surface area contributed by atoms with E-state index in [1.54, 1.807) is 19.1 Å². The van der Waals surface area contributed by atoms with Gasteiger partial charge in [0.05, 0.1) is 0 Å². The van der Waals surface area contributed by atoms with E-state index in [1.165, 1.54) is 6.92 Å². The molecule has 0 saturated carbocycles. The largest absolute Gasteiger partial charge is 0.458 e. The number of carbonyl (C=O) groups is 2. The molecule has 0 radical (unpaired) electrons. The predicted molar refractivity (Wildman–Crippen MR) is 61.2 cm³/mol. The minimum atomic E-state index is -0.304. The van der Waals surface area contributed by atoms with Crippen LogP contribution in [0.25, 0.3) is 0 Å². The number of benzene rings is 1. The zero-order valence-corrected chi connectivity index (χ0v) is 9.82. The Morgan fingerprint density at radius 3 is 2.25 bits per heavy atom. The normalized spacial score (nSPS) is 11.9. The molecule has 0 saturated heterocycles. The Kier molecular flexibility index (Phi) is 4.23. The molecule has 1 rings (SSSR count). The third-order valence-electron chi connectivity index (χ3n) is 2.37. The first kappa shape index (κ1) is 12.4. The first-order valence-corrected chi connectivity index (χ1v) is 5.35. The van der Waals surface area contributed by atoms with Crippen LogP contribution in [-0.4, -0.2) is 11.8 Å². The molecule has 0 bridgehead atoms. The molecular weight excluding hydrogens is 204 g/mol. The van der Waals surface area contributed by atoms with E-state index in [1.807, 2.05) is 19.1 Å². The fourth-order valence-corrected chi connectivity index (χ4v) is 1.46. The van der Waals surface area contributed by atoms with E-state index < -0.39 is 0 Å². The lowest BCUT2D eigenvalue weighted by atomic mass is 10.0. The average Bonchev–Trinajstić information content (AvgIpc) is 2.27. The molecule has 0 aromatic heterocycles. The standard InChI is InChI=1S/C13H16O3/c1-4-13(15)12-7-5-11(6-8-12)9(2)16-10(3)14/h5-9H,4H2,1-3H3. The third-order valence-corrected chi connectivity index (χ3v) is 2.37. The second kappa shape index (κ2) is 5.45. The lowest BCUT2D eigenvalue weighted by molar-refractivity contribution is -0.145. The number of Topliss-reactive ketones (excluding diaryl/α,β-unsaturated/α-hetero) is 1. The first-order chi connectivity index (χ1) is 7.54. The van der Waals surface area contributed by atoms with Crippen LogP contribution >= 0.6 is 0 Å². The Bertz CT molecular complexity index is 379. The molecule has 0 fully saturated rings. The van der Waals surface area contributed by atoms with E-state index in [9.17, 15) is 9.59 Å². The smallest absolute Gasteiger partial charge is 0.303 e. The van der Waals surface area contributed by atoms with E-state index in [-0.39, 0.29) is 17.9 Å². The molecule has 1 atom stereocenters. The monoisotopic (exact) mass is 220 g/mol. The van der Waals surface area contributed by atoms with Gasteiger partial charge in [0.1, 0.15) is 6.10 Å². The minimum absolute atomic E-state index is 0.117. The molecule has 16 heavy (non-hydrogen) atoms. The lowest BCUT2D eigenvalue weighted by Crippen LogP contribution is -2.05. The number of esters is 1. The summed E-state index contributed by atoms with van der Waals surface area (Å²) < 4.78 is 5.04. The third kappa shape index (κ3) is 3.19. The maximum absolute atomic E-state index is 11.4. The summed E-state index contributed by atoms with van der Waals surface area (Å²) in [6.07, 6.45) is 0.224. The lowest BCUT2D eigenvalue weighted by Gasteiger charge is -2.12. The van der Waals surface area contributed by atoms with Crippen molar-refractivity contribution < 1.29 is 14.3 Å². The van der Waals surface area contributed by atoms with Crippen molar-refractivity contribution in [1.29, 1.82) is 0 Å². The van der Waals surface area contributed by atoms with Gasteiger partial charge in [-0.15, -0.1) is 0 Å². The molecule has 0 aliphatic carbocycles. The molecule has 0 spiro atoms. The van der Waals surface area contributed by atoms with Crippen LogP contribution in [0.2, 0.25) is 0 Å². The second-order valence-corrected chi connectivity index (χ2v) is 3.65. The summed E-state index contributed by atoms with van der Waals surface area (Å²) in [5.74, 6) is -0.187. The molecule has 86 valence electrons. The molecule has 1 aromatic rings. The summed E-state index contributed by atoms with van der Waals surface area (Å²) in [6.45, 7) is 5.02. The van der Waals surface area contributed by atoms with E-state index in [2.05, 4.69) is 0 Å². The van der Waals surface area contributed by atoms with Gasteiger partial charge in [-0.05, 0) is 12.5 Å². The molecule has 0 heterocycles. The SMILES string of the molecule is CCC(=O)c1ccc(C(C)OC(C)=O)cc1. The molecule has 1 aromatic carbocycles. The second-order valence-electron chi connectivity index (χ2n) is 3.65. The summed E-state index contributed by atoms with van der Waals surface area (Å²) >= 11 is 0. The van der Waals surface area contributed by atoms with E-state index in [0.717, 1.165) is 5.56 Å². The van der Waals surface area contributed by atoms with Gasteiger partial charge < -0.3 is 4.74 Å². The Morgan fingerprint density at radius 2 is 1.81 bits per heavy atom. The van der Waals surface area contributed by atoms with Crippen molar-refractivity contribution in [2.75, 3.05) is 0 Å². The van der Waals surface area contributed by atoms with Gasteiger partial charge in [0.15, 0.2) is 5.78 Å². The maximum Gasteiger partial charge on any atom is 0.303 e. The maximum atomic E-state index is 11.4. The quantitative estimate of drug-likeness (QED) is 0.578. The van der Waals surface area contributed by atoms with Gasteiger partial charge in [-0.2, -0.15) is 0 Å². The van der Waals surface area contributed by atoms with Crippen molar-refractivity contribution in [3.05, 3.63) is 35.4 Å². The summed E-state index contributed by atoms with van der Waals surface area (Å²) in [6, 6.07) is 7.16. The predicted octanol–water partition coefficient (Wildman–Crippen LogP) is 2.90. The van der Waals surface area contributed by atoms with Gasteiger partial charge in [-0.25, -0.2) is 0 Å². The van der Waals surface area contributed by atoms with E-state index in [4.69, 9.17) is 4.74 Å². The van der Waals surface area contributed by atoms with Gasteiger partial charge in [-0.1, -0.05) is 31.2 Å². The summed E-state index contributed by atoms with van der Waals surface area (Å²) in [7, 11) is 0. The fraction of sp³-hybridized carbons (Fsp3) is 0.385. The zero-order chi connectivity index (χ0) is 12.1. The highest BCUT2D eigenvalue weighted by molar-refractivity contribution is 5.95. The summed E-state index contributed by atoms with van der Waals surface area (Å²) in [5, 5.41) is 0. The Hall–Kier alpha value is -1.64. The molecule has 0 aliphatic rings. The van der Waals surface area contributed by atoms with E-state index >= 15 is 0 Å². The van der Waals surface area contributed by atoms with Gasteiger partial charge in [0.25, 0.3) is 0 Å². The summed E-state index contributed by atoms with van der Waals surface area (Å²) in [5.41, 5.74) is 1.59. The highest BCUT2D eigenvalue weighted by Gasteiger charge is 2.09. The first-order valence-electron chi connectivity index (χ1n) is 5.35. The fourth-order valence-electron chi connectivity index (χ4n) is 1.46. The van der Waals surface area contributed by atoms with Crippen molar-refractivity contribution in [1.82, 2.24) is 0 Å². The molecular formula is C13H16O3. The van der Waals surface area contributed by atoms with Crippen LogP contribution in [0, 0.1) is 0 Å². The zero-order valence-electron chi connectivity index (χ0n) is 9.82. The highest BCUT2D eigenvalue weighted by atomic mass is 16.5. The van der Waals surface area contributed by atoms with Crippen molar-refractivity contribution in [2.45, 2.75) is 33.3 Å². The highest BCUT2D eigenvalue weighted by Crippen LogP contribution is 2.17. The van der Waals surface area contributed by atoms with Gasteiger partial charge >= 0.3 is 5.97 Å². The van der Waals surface area contributed by atoms with Crippen LogP contribution in [0.5, 0.6) is 0 Å². The van der Waals surface area contributed by atoms with Crippen LogP contribution in [0.3, 0.4) is 0 Å². The van der Waals surface area contributed by atoms with Gasteiger partial charge in [0.2, 0.25) is 0 Å². The van der Waals surface area contributed by atoms with Crippen molar-refractivity contribution >= 4 is 11.8 Å². The Morgan fingerprint density at radius 1 is 1.25 bits per heavy atom. The number of carbonyl (C=O) groups excluding carboxylic acids is 2. The number of hydrogen-bond acceptors (Lipinski definition) is 3. The number of ketones is 1. The number of ether oxygens (including phenoxy) is 1. The molecule has 0 amide bonds. The topological polar surface area (TPSA) is 43.4 Å². The Balaban J connectivity index is 2.78. The van der Waals surface area contributed by atoms with Crippen molar-refractivity contribution in [2.24, 2.45) is 0 Å². The van der Waals surface area contributed by atoms with Crippen molar-refractivity contribution in [3.8, 4) is 0 Å². The van der Waals surface area contributed by atoms with Crippen LogP contribution in [-0.2, 0) is 9.53 Å². The molecule has 3 nitrogen and oxygen atoms in total. The van der Waals surface area contributed by atoms with Crippen molar-refractivity contribution in [3.63, 3.8) is 0 Å². The molecule has 3 heteroatoms. The minimum Gasteiger partial charge on any atom is -0.458 e. The van der Waals surface area contributed by atoms with Gasteiger partial charge in [0, 0.05) is 18.9 Å². The van der Waals surface area contributed by atoms with E-state index in [0.29, 0.717) is 12.0 Å². The molecule has 1 unspecified atom stereocenters. The molecule has 0 N–H and O–H groups in total. The van der Waals surface area contributed by atoms with Crippen LogP contribution < -0.4 is 0 Å². The average molecular weight is 220 g/mol.